The molecular formula is C25H30F2N2S. The average Bonchev–Trinajstić information content (AvgIpc) is 3.04. The number of likely N-dealkylation sites (tertiary alicyclic amines) is 1. The molecule has 4 rings (SSSR count). The van der Waals surface area contributed by atoms with Crippen molar-refractivity contribution in [1.29, 1.82) is 0 Å². The molecular weight excluding hydrogens is 398 g/mol. The SMILES string of the molecule is CCc1c(C2CCN(CCCSc3ccc(F)cc3)CC2)c2ccc(F)cc2n1C. The fourth-order valence-corrected chi connectivity index (χ4v) is 5.67. The zero-order chi connectivity index (χ0) is 21.1. The minimum Gasteiger partial charge on any atom is -0.347 e. The third-order valence-corrected chi connectivity index (χ3v) is 7.46. The predicted molar refractivity (Wildman–Crippen MR) is 122 cm³/mol. The Hall–Kier alpha value is -1.85. The zero-order valence-corrected chi connectivity index (χ0v) is 18.7. The first-order valence-corrected chi connectivity index (χ1v) is 11.9. The number of nitrogens with zero attached hydrogens (tertiary/aromatic N) is 2. The largest absolute Gasteiger partial charge is 0.347 e. The number of piperidine rings is 1. The lowest BCUT2D eigenvalue weighted by Crippen LogP contribution is -2.34. The molecule has 0 atom stereocenters. The van der Waals surface area contributed by atoms with Crippen molar-refractivity contribution in [1.82, 2.24) is 9.47 Å². The van der Waals surface area contributed by atoms with E-state index in [1.165, 1.54) is 28.8 Å². The van der Waals surface area contributed by atoms with Crippen molar-refractivity contribution >= 4 is 22.7 Å². The topological polar surface area (TPSA) is 8.17 Å². The average molecular weight is 429 g/mol. The molecule has 30 heavy (non-hydrogen) atoms. The maximum atomic E-state index is 13.8. The Kier molecular flexibility index (Phi) is 6.79. The van der Waals surface area contributed by atoms with E-state index in [9.17, 15) is 8.78 Å². The quantitative estimate of drug-likeness (QED) is 0.319. The molecule has 0 saturated carbocycles. The van der Waals surface area contributed by atoms with Crippen LogP contribution >= 0.6 is 11.8 Å². The van der Waals surface area contributed by atoms with Gasteiger partial charge in [0.1, 0.15) is 11.6 Å². The molecule has 2 heterocycles. The molecule has 1 saturated heterocycles. The van der Waals surface area contributed by atoms with Gasteiger partial charge >= 0.3 is 0 Å². The van der Waals surface area contributed by atoms with Crippen LogP contribution in [0.4, 0.5) is 8.78 Å². The monoisotopic (exact) mass is 428 g/mol. The first-order chi connectivity index (χ1) is 14.6. The first-order valence-electron chi connectivity index (χ1n) is 10.9. The summed E-state index contributed by atoms with van der Waals surface area (Å²) in [5, 5.41) is 1.23. The Bertz CT molecular complexity index is 989. The van der Waals surface area contributed by atoms with Crippen LogP contribution in [0.15, 0.2) is 47.4 Å². The predicted octanol–water partition coefficient (Wildman–Crippen LogP) is 6.38. The molecule has 0 unspecified atom stereocenters. The number of aryl methyl sites for hydroxylation is 1. The molecule has 0 spiro atoms. The second-order valence-corrected chi connectivity index (χ2v) is 9.37. The van der Waals surface area contributed by atoms with E-state index >= 15 is 0 Å². The van der Waals surface area contributed by atoms with Gasteiger partial charge in [0.2, 0.25) is 0 Å². The van der Waals surface area contributed by atoms with E-state index in [0.717, 1.165) is 61.5 Å². The summed E-state index contributed by atoms with van der Waals surface area (Å²) in [5.41, 5.74) is 3.81. The minimum absolute atomic E-state index is 0.161. The highest BCUT2D eigenvalue weighted by Gasteiger charge is 2.26. The molecule has 0 amide bonds. The van der Waals surface area contributed by atoms with Gasteiger partial charge < -0.3 is 9.47 Å². The third-order valence-electron chi connectivity index (χ3n) is 6.36. The summed E-state index contributed by atoms with van der Waals surface area (Å²) >= 11 is 1.80. The van der Waals surface area contributed by atoms with E-state index in [1.54, 1.807) is 23.9 Å². The molecule has 0 bridgehead atoms. The highest BCUT2D eigenvalue weighted by Crippen LogP contribution is 2.38. The van der Waals surface area contributed by atoms with Crippen LogP contribution in [0.1, 0.15) is 43.4 Å². The van der Waals surface area contributed by atoms with Gasteiger partial charge in [-0.1, -0.05) is 6.92 Å². The van der Waals surface area contributed by atoms with Crippen molar-refractivity contribution in [2.24, 2.45) is 7.05 Å². The maximum Gasteiger partial charge on any atom is 0.125 e. The van der Waals surface area contributed by atoms with E-state index < -0.39 is 0 Å². The Labute approximate surface area is 182 Å². The van der Waals surface area contributed by atoms with Crippen LogP contribution < -0.4 is 0 Å². The summed E-state index contributed by atoms with van der Waals surface area (Å²) < 4.78 is 29.0. The van der Waals surface area contributed by atoms with E-state index in [4.69, 9.17) is 0 Å². The first kappa shape index (κ1) is 21.4. The molecule has 1 fully saturated rings. The molecule has 1 aliphatic heterocycles. The van der Waals surface area contributed by atoms with Crippen LogP contribution in [0.25, 0.3) is 10.9 Å². The van der Waals surface area contributed by atoms with Crippen molar-refractivity contribution in [3.8, 4) is 0 Å². The molecule has 2 nitrogen and oxygen atoms in total. The summed E-state index contributed by atoms with van der Waals surface area (Å²) in [5.74, 6) is 1.27. The second-order valence-electron chi connectivity index (χ2n) is 8.21. The van der Waals surface area contributed by atoms with Crippen LogP contribution in [0.3, 0.4) is 0 Å². The normalized spacial score (nSPS) is 15.9. The third kappa shape index (κ3) is 4.57. The van der Waals surface area contributed by atoms with Gasteiger partial charge in [-0.05, 0) is 105 Å². The fourth-order valence-electron chi connectivity index (χ4n) is 4.83. The molecule has 0 N–H and O–H groups in total. The van der Waals surface area contributed by atoms with Crippen molar-refractivity contribution in [2.45, 2.75) is 43.4 Å². The molecule has 1 aromatic heterocycles. The number of fused-ring (bicyclic) bond motifs is 1. The molecule has 160 valence electrons. The highest BCUT2D eigenvalue weighted by molar-refractivity contribution is 7.99. The zero-order valence-electron chi connectivity index (χ0n) is 17.8. The van der Waals surface area contributed by atoms with E-state index in [1.807, 2.05) is 18.2 Å². The second kappa shape index (κ2) is 9.52. The lowest BCUT2D eigenvalue weighted by atomic mass is 9.87. The summed E-state index contributed by atoms with van der Waals surface area (Å²) in [7, 11) is 2.07. The summed E-state index contributed by atoms with van der Waals surface area (Å²) in [6.07, 6.45) is 4.44. The van der Waals surface area contributed by atoms with Crippen LogP contribution in [-0.2, 0) is 13.5 Å². The number of thioether (sulfide) groups is 1. The van der Waals surface area contributed by atoms with E-state index in [0.29, 0.717) is 5.92 Å². The molecule has 0 radical (unpaired) electrons. The van der Waals surface area contributed by atoms with Crippen molar-refractivity contribution < 1.29 is 8.78 Å². The standard InChI is InChI=1S/C25H30F2N2S/c1-3-23-25(22-10-7-20(27)17-24(22)28(23)2)18-11-14-29(15-12-18)13-4-16-30-21-8-5-19(26)6-9-21/h5-10,17-18H,3-4,11-16H2,1-2H3. The number of halogens is 2. The van der Waals surface area contributed by atoms with Crippen molar-refractivity contribution in [3.05, 3.63) is 65.4 Å². The summed E-state index contributed by atoms with van der Waals surface area (Å²) in [4.78, 5) is 3.70. The fraction of sp³-hybridized carbons (Fsp3) is 0.440. The number of rotatable bonds is 7. The van der Waals surface area contributed by atoms with Crippen LogP contribution in [-0.4, -0.2) is 34.9 Å². The van der Waals surface area contributed by atoms with Gasteiger partial charge in [0.25, 0.3) is 0 Å². The molecule has 2 aromatic carbocycles. The Balaban J connectivity index is 1.33. The van der Waals surface area contributed by atoms with E-state index in [2.05, 4.69) is 23.4 Å². The number of hydrogen-bond donors (Lipinski definition) is 0. The summed E-state index contributed by atoms with van der Waals surface area (Å²) in [6, 6.07) is 12.0. The van der Waals surface area contributed by atoms with E-state index in [-0.39, 0.29) is 11.6 Å². The van der Waals surface area contributed by atoms with Gasteiger partial charge in [-0.15, -0.1) is 11.8 Å². The van der Waals surface area contributed by atoms with Gasteiger partial charge in [0.15, 0.2) is 0 Å². The van der Waals surface area contributed by atoms with Crippen molar-refractivity contribution in [3.63, 3.8) is 0 Å². The maximum absolute atomic E-state index is 13.8. The Morgan fingerprint density at radius 3 is 2.40 bits per heavy atom. The molecule has 0 aliphatic carbocycles. The number of benzene rings is 2. The van der Waals surface area contributed by atoms with Gasteiger partial charge in [-0.3, -0.25) is 0 Å². The molecule has 1 aliphatic rings. The lowest BCUT2D eigenvalue weighted by Gasteiger charge is -2.32. The van der Waals surface area contributed by atoms with Gasteiger partial charge in [0, 0.05) is 23.0 Å². The molecule has 5 heteroatoms. The Morgan fingerprint density at radius 2 is 1.70 bits per heavy atom. The smallest absolute Gasteiger partial charge is 0.125 e. The number of aromatic nitrogens is 1. The van der Waals surface area contributed by atoms with Crippen LogP contribution in [0.2, 0.25) is 0 Å². The van der Waals surface area contributed by atoms with Crippen LogP contribution in [0.5, 0.6) is 0 Å². The van der Waals surface area contributed by atoms with Crippen molar-refractivity contribution in [2.75, 3.05) is 25.4 Å². The van der Waals surface area contributed by atoms with Gasteiger partial charge in [0.05, 0.1) is 5.52 Å². The van der Waals surface area contributed by atoms with Crippen LogP contribution in [0, 0.1) is 11.6 Å². The van der Waals surface area contributed by atoms with Gasteiger partial charge in [-0.2, -0.15) is 0 Å². The minimum atomic E-state index is -0.176. The number of hydrogen-bond acceptors (Lipinski definition) is 2. The molecule has 3 aromatic rings. The summed E-state index contributed by atoms with van der Waals surface area (Å²) in [6.45, 7) is 5.55. The van der Waals surface area contributed by atoms with Gasteiger partial charge in [-0.25, -0.2) is 8.78 Å². The highest BCUT2D eigenvalue weighted by atomic mass is 32.2. The Morgan fingerprint density at radius 1 is 1.00 bits per heavy atom. The lowest BCUT2D eigenvalue weighted by molar-refractivity contribution is 0.213.